The highest BCUT2D eigenvalue weighted by Gasteiger charge is 2.25. The second kappa shape index (κ2) is 9.10. The van der Waals surface area contributed by atoms with E-state index in [0.717, 1.165) is 33.6 Å². The van der Waals surface area contributed by atoms with Crippen LogP contribution in [0.15, 0.2) is 71.1 Å². The number of thiophene rings is 1. The zero-order valence-corrected chi connectivity index (χ0v) is 18.7. The van der Waals surface area contributed by atoms with Crippen LogP contribution in [-0.4, -0.2) is 33.6 Å². The van der Waals surface area contributed by atoms with Crippen LogP contribution < -0.4 is 10.6 Å². The summed E-state index contributed by atoms with van der Waals surface area (Å²) >= 11 is 2.95. The molecule has 0 radical (unpaired) electrons. The van der Waals surface area contributed by atoms with Gasteiger partial charge in [0.1, 0.15) is 5.03 Å². The number of hydrogen-bond donors (Lipinski definition) is 2. The highest BCUT2D eigenvalue weighted by atomic mass is 32.2. The van der Waals surface area contributed by atoms with Crippen LogP contribution in [0.2, 0.25) is 0 Å². The van der Waals surface area contributed by atoms with Gasteiger partial charge in [0.05, 0.1) is 27.4 Å². The number of thioether (sulfide) groups is 1. The number of rotatable bonds is 7. The van der Waals surface area contributed by atoms with Crippen molar-refractivity contribution in [2.75, 3.05) is 11.1 Å². The molecule has 5 rings (SSSR count). The maximum atomic E-state index is 12.7. The highest BCUT2D eigenvalue weighted by Crippen LogP contribution is 2.30. The van der Waals surface area contributed by atoms with Crippen molar-refractivity contribution in [2.24, 2.45) is 0 Å². The average Bonchev–Trinajstić information content (AvgIpc) is 3.45. The van der Waals surface area contributed by atoms with Crippen molar-refractivity contribution in [3.8, 4) is 10.7 Å². The van der Waals surface area contributed by atoms with Crippen LogP contribution in [0.3, 0.4) is 0 Å². The first-order chi connectivity index (χ1) is 15.7. The Morgan fingerprint density at radius 3 is 2.62 bits per heavy atom. The largest absolute Gasteiger partial charge is 0.349 e. The molecule has 32 heavy (non-hydrogen) atoms. The van der Waals surface area contributed by atoms with Crippen LogP contribution in [0.4, 0.5) is 5.69 Å². The van der Waals surface area contributed by atoms with Gasteiger partial charge in [0, 0.05) is 11.4 Å². The normalized spacial score (nSPS) is 13.1. The van der Waals surface area contributed by atoms with E-state index in [1.54, 1.807) is 29.5 Å². The maximum absolute atomic E-state index is 12.7. The molecule has 2 amide bonds. The third-order valence-corrected chi connectivity index (χ3v) is 6.87. The van der Waals surface area contributed by atoms with E-state index in [4.69, 9.17) is 4.98 Å². The number of hydrogen-bond acceptors (Lipinski definition) is 6. The van der Waals surface area contributed by atoms with E-state index in [1.165, 1.54) is 11.8 Å². The van der Waals surface area contributed by atoms with Crippen LogP contribution in [0.25, 0.3) is 21.6 Å². The van der Waals surface area contributed by atoms with Crippen LogP contribution in [-0.2, 0) is 4.79 Å². The molecule has 0 bridgehead atoms. The maximum Gasteiger partial charge on any atom is 0.253 e. The Balaban J connectivity index is 1.33. The third kappa shape index (κ3) is 4.66. The first kappa shape index (κ1) is 20.7. The summed E-state index contributed by atoms with van der Waals surface area (Å²) in [6.07, 6.45) is 2.02. The molecule has 8 heteroatoms. The first-order valence-electron chi connectivity index (χ1n) is 10.3. The Hall–Kier alpha value is -3.23. The van der Waals surface area contributed by atoms with Crippen LogP contribution >= 0.6 is 23.1 Å². The lowest BCUT2D eigenvalue weighted by Gasteiger charge is -2.11. The van der Waals surface area contributed by atoms with Gasteiger partial charge in [-0.25, -0.2) is 9.97 Å². The van der Waals surface area contributed by atoms with Gasteiger partial charge in [0.2, 0.25) is 5.91 Å². The Morgan fingerprint density at radius 2 is 1.81 bits per heavy atom. The molecule has 4 aromatic rings. The number of fused-ring (bicyclic) bond motifs is 1. The fourth-order valence-electron chi connectivity index (χ4n) is 3.27. The molecule has 2 N–H and O–H groups in total. The van der Waals surface area contributed by atoms with Gasteiger partial charge in [0.25, 0.3) is 5.91 Å². The number of benzene rings is 2. The molecule has 160 valence electrons. The number of carbonyl (C=O) groups is 2. The van der Waals surface area contributed by atoms with E-state index in [1.807, 2.05) is 47.8 Å². The third-order valence-electron chi connectivity index (χ3n) is 5.01. The number of nitrogens with one attached hydrogen (secondary N) is 2. The summed E-state index contributed by atoms with van der Waals surface area (Å²) in [7, 11) is 0. The molecular weight excluding hydrogens is 440 g/mol. The minimum absolute atomic E-state index is 0.154. The SMILES string of the molecule is O=C(CSc1nc(-c2cccs2)nc2ccccc12)Nc1ccccc1C(=O)NC1CC1. The van der Waals surface area contributed by atoms with E-state index >= 15 is 0 Å². The van der Waals surface area contributed by atoms with Gasteiger partial charge in [0.15, 0.2) is 5.82 Å². The van der Waals surface area contributed by atoms with Gasteiger partial charge in [-0.3, -0.25) is 9.59 Å². The minimum atomic E-state index is -0.193. The number of anilines is 1. The molecule has 1 fully saturated rings. The summed E-state index contributed by atoms with van der Waals surface area (Å²) in [4.78, 5) is 35.6. The fraction of sp³-hybridized carbons (Fsp3) is 0.167. The summed E-state index contributed by atoms with van der Waals surface area (Å²) in [5.74, 6) is 0.480. The molecular formula is C24H20N4O2S2. The lowest BCUT2D eigenvalue weighted by molar-refractivity contribution is -0.113. The Kier molecular flexibility index (Phi) is 5.87. The smallest absolute Gasteiger partial charge is 0.253 e. The van der Waals surface area contributed by atoms with E-state index in [9.17, 15) is 9.59 Å². The van der Waals surface area contributed by atoms with E-state index in [-0.39, 0.29) is 23.6 Å². The molecule has 0 saturated heterocycles. The molecule has 1 aliphatic rings. The minimum Gasteiger partial charge on any atom is -0.349 e. The zero-order valence-electron chi connectivity index (χ0n) is 17.1. The summed E-state index contributed by atoms with van der Waals surface area (Å²) < 4.78 is 0. The van der Waals surface area contributed by atoms with Gasteiger partial charge in [-0.2, -0.15) is 0 Å². The fourth-order valence-corrected chi connectivity index (χ4v) is 4.75. The molecule has 2 heterocycles. The summed E-state index contributed by atoms with van der Waals surface area (Å²) in [6.45, 7) is 0. The van der Waals surface area contributed by atoms with Crippen molar-refractivity contribution in [3.63, 3.8) is 0 Å². The predicted molar refractivity (Wildman–Crippen MR) is 129 cm³/mol. The van der Waals surface area contributed by atoms with Gasteiger partial charge < -0.3 is 10.6 Å². The molecule has 2 aromatic carbocycles. The Bertz CT molecular complexity index is 1290. The first-order valence-corrected chi connectivity index (χ1v) is 12.2. The van der Waals surface area contributed by atoms with Gasteiger partial charge >= 0.3 is 0 Å². The zero-order chi connectivity index (χ0) is 21.9. The molecule has 1 aliphatic carbocycles. The molecule has 1 saturated carbocycles. The quantitative estimate of drug-likeness (QED) is 0.300. The molecule has 0 spiro atoms. The summed E-state index contributed by atoms with van der Waals surface area (Å²) in [5.41, 5.74) is 1.84. The lowest BCUT2D eigenvalue weighted by Crippen LogP contribution is -2.27. The molecule has 0 atom stereocenters. The van der Waals surface area contributed by atoms with Crippen LogP contribution in [0.1, 0.15) is 23.2 Å². The average molecular weight is 461 g/mol. The standard InChI is InChI=1S/C24H20N4O2S2/c29-21(26-18-8-3-1-6-16(18)23(30)25-15-11-12-15)14-32-24-17-7-2-4-9-19(17)27-22(28-24)20-10-5-13-31-20/h1-10,13,15H,11-12,14H2,(H,25,30)(H,26,29). The van der Waals surface area contributed by atoms with E-state index < -0.39 is 0 Å². The highest BCUT2D eigenvalue weighted by molar-refractivity contribution is 8.00. The number of nitrogens with zero attached hydrogens (tertiary/aromatic N) is 2. The van der Waals surface area contributed by atoms with E-state index in [2.05, 4.69) is 15.6 Å². The van der Waals surface area contributed by atoms with Crippen LogP contribution in [0.5, 0.6) is 0 Å². The monoisotopic (exact) mass is 460 g/mol. The molecule has 2 aromatic heterocycles. The number of para-hydroxylation sites is 2. The number of amides is 2. The lowest BCUT2D eigenvalue weighted by atomic mass is 10.1. The Morgan fingerprint density at radius 1 is 1.00 bits per heavy atom. The van der Waals surface area contributed by atoms with E-state index in [0.29, 0.717) is 17.1 Å². The van der Waals surface area contributed by atoms with Crippen molar-refractivity contribution in [1.82, 2.24) is 15.3 Å². The molecule has 6 nitrogen and oxygen atoms in total. The topological polar surface area (TPSA) is 84.0 Å². The van der Waals surface area contributed by atoms with Gasteiger partial charge in [-0.15, -0.1) is 11.3 Å². The second-order valence-corrected chi connectivity index (χ2v) is 9.39. The summed E-state index contributed by atoms with van der Waals surface area (Å²) in [6, 6.07) is 19.1. The van der Waals surface area contributed by atoms with Crippen molar-refractivity contribution >= 4 is 51.5 Å². The van der Waals surface area contributed by atoms with Crippen molar-refractivity contribution in [3.05, 3.63) is 71.6 Å². The summed E-state index contributed by atoms with van der Waals surface area (Å²) in [5, 5.41) is 9.51. The number of carbonyl (C=O) groups excluding carboxylic acids is 2. The van der Waals surface area contributed by atoms with Gasteiger partial charge in [-0.05, 0) is 42.5 Å². The molecule has 0 aliphatic heterocycles. The predicted octanol–water partition coefficient (Wildman–Crippen LogP) is 4.98. The Labute approximate surface area is 193 Å². The van der Waals surface area contributed by atoms with Gasteiger partial charge in [-0.1, -0.05) is 48.2 Å². The van der Waals surface area contributed by atoms with Crippen molar-refractivity contribution in [1.29, 1.82) is 0 Å². The second-order valence-electron chi connectivity index (χ2n) is 7.48. The number of aromatic nitrogens is 2. The van der Waals surface area contributed by atoms with Crippen molar-refractivity contribution in [2.45, 2.75) is 23.9 Å². The van der Waals surface area contributed by atoms with Crippen molar-refractivity contribution < 1.29 is 9.59 Å². The van der Waals surface area contributed by atoms with Crippen LogP contribution in [0, 0.1) is 0 Å². The molecule has 0 unspecified atom stereocenters.